The minimum absolute atomic E-state index is 0.106. The van der Waals surface area contributed by atoms with Gasteiger partial charge >= 0.3 is 6.09 Å². The summed E-state index contributed by atoms with van der Waals surface area (Å²) in [6.45, 7) is 3.88. The minimum atomic E-state index is -1.30. The predicted molar refractivity (Wildman–Crippen MR) is 137 cm³/mol. The Morgan fingerprint density at radius 2 is 2.00 bits per heavy atom. The van der Waals surface area contributed by atoms with Crippen molar-refractivity contribution in [3.8, 4) is 5.75 Å². The van der Waals surface area contributed by atoms with E-state index in [0.717, 1.165) is 11.1 Å². The Morgan fingerprint density at radius 1 is 1.24 bits per heavy atom. The number of aromatic nitrogens is 5. The number of carbonyl (C=O) groups is 3. The van der Waals surface area contributed by atoms with Gasteiger partial charge in [0, 0.05) is 42.7 Å². The van der Waals surface area contributed by atoms with Crippen LogP contribution in [0.15, 0.2) is 16.8 Å². The molecule has 194 valence electrons. The molecule has 0 atom stereocenters. The van der Waals surface area contributed by atoms with Crippen LogP contribution in [0.1, 0.15) is 22.5 Å². The molecule has 4 rings (SSSR count). The van der Waals surface area contributed by atoms with E-state index in [0.29, 0.717) is 38.8 Å². The lowest BCUT2D eigenvalue weighted by Crippen LogP contribution is -2.37. The van der Waals surface area contributed by atoms with E-state index in [1.807, 2.05) is 13.8 Å². The van der Waals surface area contributed by atoms with E-state index in [9.17, 15) is 19.5 Å². The lowest BCUT2D eigenvalue weighted by Gasteiger charge is -2.13. The van der Waals surface area contributed by atoms with Crippen LogP contribution in [-0.4, -0.2) is 86.1 Å². The average Bonchev–Trinajstić information content (AvgIpc) is 3.06. The number of likely N-dealkylation sites (N-methyl/N-ethyl adjacent to an activating group) is 1. The molecule has 13 nitrogen and oxygen atoms in total. The maximum Gasteiger partial charge on any atom is 0.411 e. The molecule has 0 bridgehead atoms. The molecule has 1 aliphatic rings. The largest absolute Gasteiger partial charge is 0.496 e. The third-order valence-electron chi connectivity index (χ3n) is 5.72. The predicted octanol–water partition coefficient (Wildman–Crippen LogP) is 1.68. The van der Waals surface area contributed by atoms with Gasteiger partial charge in [-0.05, 0) is 19.9 Å². The van der Waals surface area contributed by atoms with Crippen molar-refractivity contribution in [2.75, 3.05) is 38.8 Å². The number of rotatable bonds is 7. The lowest BCUT2D eigenvalue weighted by atomic mass is 10.1. The lowest BCUT2D eigenvalue weighted by molar-refractivity contribution is -0.130. The van der Waals surface area contributed by atoms with Gasteiger partial charge in [0.2, 0.25) is 17.8 Å². The zero-order chi connectivity index (χ0) is 26.9. The number of methoxy groups -OCH3 is 1. The summed E-state index contributed by atoms with van der Waals surface area (Å²) < 4.78 is 7.11. The number of hydrogen-bond acceptors (Lipinski definition) is 9. The summed E-state index contributed by atoms with van der Waals surface area (Å²) in [4.78, 5) is 50.7. The number of amides is 3. The standard InChI is InChI=1S/C23H26N8O5S/c1-11-7-24-15(12(2)18(11)36-5)9-31-19-17-14(29-31)6-13(20(33)25-8-16(32)30(3)4)10-37-21(17)27-22(26-19)28-23(34)35/h6-7H,8-10H2,1-5H3,(H,25,33)(H,34,35)(H,26,27,28). The van der Waals surface area contributed by atoms with Gasteiger partial charge < -0.3 is 20.1 Å². The first-order chi connectivity index (χ1) is 17.6. The second-order valence-electron chi connectivity index (χ2n) is 8.50. The zero-order valence-corrected chi connectivity index (χ0v) is 21.8. The molecule has 0 fully saturated rings. The Kier molecular flexibility index (Phi) is 7.29. The highest BCUT2D eigenvalue weighted by Gasteiger charge is 2.25. The van der Waals surface area contributed by atoms with Crippen LogP contribution in [0.25, 0.3) is 17.1 Å². The molecule has 0 aliphatic carbocycles. The van der Waals surface area contributed by atoms with Crippen LogP contribution in [0.5, 0.6) is 5.75 Å². The summed E-state index contributed by atoms with van der Waals surface area (Å²) in [5.41, 5.74) is 3.66. The highest BCUT2D eigenvalue weighted by molar-refractivity contribution is 7.99. The number of nitrogens with zero attached hydrogens (tertiary/aromatic N) is 6. The molecule has 37 heavy (non-hydrogen) atoms. The van der Waals surface area contributed by atoms with Crippen molar-refractivity contribution >= 4 is 52.7 Å². The molecule has 0 spiro atoms. The molecule has 0 radical (unpaired) electrons. The first-order valence-corrected chi connectivity index (χ1v) is 12.2. The Bertz CT molecular complexity index is 1450. The molecule has 3 aromatic rings. The van der Waals surface area contributed by atoms with E-state index < -0.39 is 12.0 Å². The van der Waals surface area contributed by atoms with Crippen LogP contribution in [0.3, 0.4) is 0 Å². The molecule has 3 amide bonds. The van der Waals surface area contributed by atoms with E-state index in [2.05, 4.69) is 30.7 Å². The number of pyridine rings is 1. The molecule has 14 heteroatoms. The Morgan fingerprint density at radius 3 is 2.68 bits per heavy atom. The van der Waals surface area contributed by atoms with Crippen molar-refractivity contribution in [3.63, 3.8) is 0 Å². The molecule has 3 N–H and O–H groups in total. The summed E-state index contributed by atoms with van der Waals surface area (Å²) in [6.07, 6.45) is 2.05. The average molecular weight is 527 g/mol. The van der Waals surface area contributed by atoms with Crippen molar-refractivity contribution in [3.05, 3.63) is 34.3 Å². The topological polar surface area (TPSA) is 164 Å². The summed E-state index contributed by atoms with van der Waals surface area (Å²) in [5, 5.41) is 19.8. The minimum Gasteiger partial charge on any atom is -0.496 e. The van der Waals surface area contributed by atoms with Gasteiger partial charge in [0.1, 0.15) is 10.8 Å². The maximum atomic E-state index is 12.9. The number of hydrogen-bond donors (Lipinski definition) is 3. The van der Waals surface area contributed by atoms with Gasteiger partial charge in [-0.1, -0.05) is 0 Å². The van der Waals surface area contributed by atoms with Gasteiger partial charge in [0.15, 0.2) is 5.65 Å². The fourth-order valence-electron chi connectivity index (χ4n) is 3.82. The molecule has 1 aliphatic heterocycles. The number of aryl methyl sites for hydroxylation is 1. The number of thioether (sulfide) groups is 1. The first-order valence-electron chi connectivity index (χ1n) is 11.2. The Hall–Kier alpha value is -4.20. The van der Waals surface area contributed by atoms with Crippen molar-refractivity contribution in [1.82, 2.24) is 34.9 Å². The van der Waals surface area contributed by atoms with Crippen LogP contribution < -0.4 is 15.4 Å². The maximum absolute atomic E-state index is 12.9. The van der Waals surface area contributed by atoms with Gasteiger partial charge in [-0.15, -0.1) is 11.8 Å². The molecule has 4 heterocycles. The van der Waals surface area contributed by atoms with Crippen molar-refractivity contribution in [1.29, 1.82) is 0 Å². The number of nitrogens with one attached hydrogen (secondary N) is 2. The molecule has 0 aromatic carbocycles. The van der Waals surface area contributed by atoms with Crippen molar-refractivity contribution in [2.24, 2.45) is 0 Å². The molecular weight excluding hydrogens is 500 g/mol. The molecule has 0 unspecified atom stereocenters. The second kappa shape index (κ2) is 10.4. The smallest absolute Gasteiger partial charge is 0.411 e. The fourth-order valence-corrected chi connectivity index (χ4v) is 4.82. The zero-order valence-electron chi connectivity index (χ0n) is 20.9. The number of ether oxygens (including phenoxy) is 1. The van der Waals surface area contributed by atoms with Gasteiger partial charge in [-0.3, -0.25) is 19.9 Å². The van der Waals surface area contributed by atoms with Crippen molar-refractivity contribution < 1.29 is 24.2 Å². The summed E-state index contributed by atoms with van der Waals surface area (Å²) in [5.74, 6) is 0.207. The molecular formula is C23H26N8O5S. The number of carboxylic acid groups (broad SMARTS) is 1. The SMILES string of the molecule is COc1c(C)cnc(Cn2nc3c4c(nc(NC(=O)O)nc42)SCC(C(=O)NCC(=O)N(C)C)=C3)c1C. The fraction of sp³-hybridized carbons (Fsp3) is 0.348. The molecule has 0 saturated heterocycles. The van der Waals surface area contributed by atoms with Crippen LogP contribution in [0.2, 0.25) is 0 Å². The quantitative estimate of drug-likeness (QED) is 0.386. The second-order valence-corrected chi connectivity index (χ2v) is 9.46. The van der Waals surface area contributed by atoms with E-state index in [1.165, 1.54) is 16.7 Å². The first kappa shape index (κ1) is 25.9. The number of anilines is 1. The summed E-state index contributed by atoms with van der Waals surface area (Å²) in [7, 11) is 4.81. The Labute approximate surface area is 216 Å². The van der Waals surface area contributed by atoms with Crippen LogP contribution in [0.4, 0.5) is 10.7 Å². The van der Waals surface area contributed by atoms with E-state index in [-0.39, 0.29) is 30.7 Å². The number of carbonyl (C=O) groups excluding carboxylic acids is 2. The van der Waals surface area contributed by atoms with Gasteiger partial charge in [0.25, 0.3) is 0 Å². The molecule has 0 saturated carbocycles. The van der Waals surface area contributed by atoms with Crippen LogP contribution in [-0.2, 0) is 16.1 Å². The molecule has 3 aromatic heterocycles. The van der Waals surface area contributed by atoms with Gasteiger partial charge in [-0.2, -0.15) is 10.1 Å². The van der Waals surface area contributed by atoms with Gasteiger partial charge in [0.05, 0.1) is 37.0 Å². The van der Waals surface area contributed by atoms with E-state index >= 15 is 0 Å². The van der Waals surface area contributed by atoms with Crippen LogP contribution in [0, 0.1) is 13.8 Å². The third-order valence-corrected chi connectivity index (χ3v) is 6.74. The summed E-state index contributed by atoms with van der Waals surface area (Å²) >= 11 is 1.25. The third kappa shape index (κ3) is 5.33. The van der Waals surface area contributed by atoms with E-state index in [4.69, 9.17) is 4.74 Å². The van der Waals surface area contributed by atoms with E-state index in [1.54, 1.807) is 38.2 Å². The normalized spacial score (nSPS) is 12.5. The van der Waals surface area contributed by atoms with Crippen molar-refractivity contribution in [2.45, 2.75) is 25.4 Å². The van der Waals surface area contributed by atoms with Crippen LogP contribution >= 0.6 is 11.8 Å². The van der Waals surface area contributed by atoms with Gasteiger partial charge in [-0.25, -0.2) is 14.5 Å². The summed E-state index contributed by atoms with van der Waals surface area (Å²) in [6, 6.07) is 0. The Balaban J connectivity index is 1.77. The monoisotopic (exact) mass is 526 g/mol. The highest BCUT2D eigenvalue weighted by atomic mass is 32.2. The highest BCUT2D eigenvalue weighted by Crippen LogP contribution is 2.35.